The van der Waals surface area contributed by atoms with E-state index in [1.165, 1.54) is 30.1 Å². The minimum Gasteiger partial charge on any atom is -0.489 e. The van der Waals surface area contributed by atoms with Gasteiger partial charge < -0.3 is 4.74 Å². The molecule has 0 N–H and O–H groups in total. The fourth-order valence-corrected chi connectivity index (χ4v) is 2.81. The van der Waals surface area contributed by atoms with Gasteiger partial charge in [-0.05, 0) is 55.7 Å². The molecule has 1 aliphatic carbocycles. The summed E-state index contributed by atoms with van der Waals surface area (Å²) in [6.07, 6.45) is 3.61. The molecule has 0 spiro atoms. The summed E-state index contributed by atoms with van der Waals surface area (Å²) >= 11 is 0. The first-order valence-corrected chi connectivity index (χ1v) is 6.98. The lowest BCUT2D eigenvalue weighted by molar-refractivity contribution is 0.276. The zero-order valence-electron chi connectivity index (χ0n) is 12.3. The third kappa shape index (κ3) is 3.17. The van der Waals surface area contributed by atoms with Crippen LogP contribution in [-0.2, 0) is 0 Å². The van der Waals surface area contributed by atoms with Gasteiger partial charge in [0.05, 0.1) is 0 Å². The van der Waals surface area contributed by atoms with E-state index < -0.39 is 0 Å². The molecule has 0 amide bonds. The van der Waals surface area contributed by atoms with Crippen molar-refractivity contribution in [2.45, 2.75) is 47.0 Å². The van der Waals surface area contributed by atoms with E-state index in [2.05, 4.69) is 20.8 Å². The van der Waals surface area contributed by atoms with Gasteiger partial charge in [0.25, 0.3) is 0 Å². The third-order valence-corrected chi connectivity index (χ3v) is 4.21. The van der Waals surface area contributed by atoms with E-state index in [0.29, 0.717) is 17.9 Å². The summed E-state index contributed by atoms with van der Waals surface area (Å²) in [5.74, 6) is 0.413. The minimum atomic E-state index is -0.203. The molecule has 1 nitrogen and oxygen atoms in total. The lowest BCUT2D eigenvalue weighted by Crippen LogP contribution is -2.24. The molecule has 0 fully saturated rings. The summed E-state index contributed by atoms with van der Waals surface area (Å²) in [5, 5.41) is 0. The monoisotopic (exact) mass is 262 g/mol. The molecule has 0 heterocycles. The van der Waals surface area contributed by atoms with Crippen LogP contribution in [0.4, 0.5) is 4.39 Å². The Balaban J connectivity index is 2.11. The lowest BCUT2D eigenvalue weighted by Gasteiger charge is -2.34. The average Bonchev–Trinajstić information content (AvgIpc) is 2.32. The molecule has 0 saturated carbocycles. The Hall–Kier alpha value is -1.31. The van der Waals surface area contributed by atoms with Crippen molar-refractivity contribution in [2.24, 2.45) is 5.41 Å². The highest BCUT2D eigenvalue weighted by atomic mass is 19.1. The molecule has 0 aliphatic heterocycles. The van der Waals surface area contributed by atoms with Crippen molar-refractivity contribution in [3.8, 4) is 5.75 Å². The summed E-state index contributed by atoms with van der Waals surface area (Å²) in [6, 6.07) is 5.07. The van der Waals surface area contributed by atoms with Crippen LogP contribution in [0.5, 0.6) is 5.75 Å². The van der Waals surface area contributed by atoms with Crippen LogP contribution in [-0.4, -0.2) is 6.61 Å². The first kappa shape index (κ1) is 14.1. The van der Waals surface area contributed by atoms with Crippen LogP contribution in [0.3, 0.4) is 0 Å². The average molecular weight is 262 g/mol. The van der Waals surface area contributed by atoms with Crippen LogP contribution in [0.15, 0.2) is 29.3 Å². The van der Waals surface area contributed by atoms with Crippen LogP contribution < -0.4 is 4.74 Å². The molecule has 0 unspecified atom stereocenters. The second-order valence-electron chi connectivity index (χ2n) is 6.20. The van der Waals surface area contributed by atoms with Crippen molar-refractivity contribution < 1.29 is 9.13 Å². The zero-order chi connectivity index (χ0) is 14.0. The van der Waals surface area contributed by atoms with Gasteiger partial charge in [-0.25, -0.2) is 4.39 Å². The molecule has 0 atom stereocenters. The predicted octanol–water partition coefficient (Wildman–Crippen LogP) is 5.04. The lowest BCUT2D eigenvalue weighted by atomic mass is 9.73. The van der Waals surface area contributed by atoms with Crippen LogP contribution in [0.1, 0.15) is 45.6 Å². The van der Waals surface area contributed by atoms with Gasteiger partial charge in [0.1, 0.15) is 18.2 Å². The molecular formula is C17H23FO. The van der Waals surface area contributed by atoms with Gasteiger partial charge in [0.15, 0.2) is 0 Å². The number of allylic oxidation sites excluding steroid dienone is 1. The molecule has 0 bridgehead atoms. The number of hydrogen-bond acceptors (Lipinski definition) is 1. The Bertz CT molecular complexity index is 500. The van der Waals surface area contributed by atoms with Gasteiger partial charge in [-0.1, -0.05) is 25.5 Å². The number of aryl methyl sites for hydroxylation is 1. The van der Waals surface area contributed by atoms with E-state index in [1.54, 1.807) is 13.0 Å². The number of benzene rings is 1. The topological polar surface area (TPSA) is 9.23 Å². The van der Waals surface area contributed by atoms with Crippen molar-refractivity contribution in [2.75, 3.05) is 6.61 Å². The maximum atomic E-state index is 13.5. The fraction of sp³-hybridized carbons (Fsp3) is 0.529. The molecule has 2 rings (SSSR count). The molecule has 1 aromatic rings. The van der Waals surface area contributed by atoms with Gasteiger partial charge in [0, 0.05) is 6.07 Å². The summed E-state index contributed by atoms with van der Waals surface area (Å²) in [4.78, 5) is 0. The number of hydrogen-bond donors (Lipinski definition) is 0. The van der Waals surface area contributed by atoms with Gasteiger partial charge in [-0.2, -0.15) is 0 Å². The summed E-state index contributed by atoms with van der Waals surface area (Å²) in [6.45, 7) is 9.06. The summed E-state index contributed by atoms with van der Waals surface area (Å²) < 4.78 is 19.3. The van der Waals surface area contributed by atoms with Crippen molar-refractivity contribution in [1.29, 1.82) is 0 Å². The van der Waals surface area contributed by atoms with Gasteiger partial charge in [-0.3, -0.25) is 0 Å². The highest BCUT2D eigenvalue weighted by molar-refractivity contribution is 5.30. The highest BCUT2D eigenvalue weighted by Crippen LogP contribution is 2.40. The Morgan fingerprint density at radius 3 is 2.63 bits per heavy atom. The van der Waals surface area contributed by atoms with Crippen LogP contribution in [0, 0.1) is 18.2 Å². The Kier molecular flexibility index (Phi) is 3.98. The van der Waals surface area contributed by atoms with Gasteiger partial charge in [0.2, 0.25) is 0 Å². The number of ether oxygens (including phenoxy) is 1. The van der Waals surface area contributed by atoms with Crippen molar-refractivity contribution in [3.63, 3.8) is 0 Å². The molecule has 0 radical (unpaired) electrons. The molecule has 0 aromatic heterocycles. The highest BCUT2D eigenvalue weighted by Gasteiger charge is 2.28. The summed E-state index contributed by atoms with van der Waals surface area (Å²) in [5.41, 5.74) is 3.66. The summed E-state index contributed by atoms with van der Waals surface area (Å²) in [7, 11) is 0. The number of rotatable bonds is 3. The molecule has 1 aliphatic rings. The maximum absolute atomic E-state index is 13.5. The first-order chi connectivity index (χ1) is 8.90. The molecule has 19 heavy (non-hydrogen) atoms. The van der Waals surface area contributed by atoms with E-state index in [9.17, 15) is 4.39 Å². The van der Waals surface area contributed by atoms with Gasteiger partial charge in [-0.15, -0.1) is 0 Å². The van der Waals surface area contributed by atoms with E-state index in [1.807, 2.05) is 6.07 Å². The zero-order valence-corrected chi connectivity index (χ0v) is 12.3. The van der Waals surface area contributed by atoms with E-state index in [-0.39, 0.29) is 11.2 Å². The molecule has 104 valence electrons. The van der Waals surface area contributed by atoms with E-state index >= 15 is 0 Å². The van der Waals surface area contributed by atoms with Crippen LogP contribution >= 0.6 is 0 Å². The predicted molar refractivity (Wildman–Crippen MR) is 77.0 cm³/mol. The quantitative estimate of drug-likeness (QED) is 0.693. The molecule has 1 aromatic carbocycles. The van der Waals surface area contributed by atoms with Gasteiger partial charge >= 0.3 is 0 Å². The Labute approximate surface area is 115 Å². The standard InChI is InChI=1S/C17H23FO/c1-12-6-5-9-17(3,4)15(12)11-19-14-8-7-13(2)16(18)10-14/h7-8,10H,5-6,9,11H2,1-4H3. The molecular weight excluding hydrogens is 239 g/mol. The third-order valence-electron chi connectivity index (χ3n) is 4.21. The van der Waals surface area contributed by atoms with Crippen LogP contribution in [0.2, 0.25) is 0 Å². The fourth-order valence-electron chi connectivity index (χ4n) is 2.81. The van der Waals surface area contributed by atoms with Crippen molar-refractivity contribution in [3.05, 3.63) is 40.7 Å². The Morgan fingerprint density at radius 2 is 2.00 bits per heavy atom. The first-order valence-electron chi connectivity index (χ1n) is 6.98. The second kappa shape index (κ2) is 5.36. The molecule has 0 saturated heterocycles. The normalized spacial score (nSPS) is 18.6. The van der Waals surface area contributed by atoms with Crippen molar-refractivity contribution >= 4 is 0 Å². The smallest absolute Gasteiger partial charge is 0.129 e. The number of halogens is 1. The van der Waals surface area contributed by atoms with Crippen molar-refractivity contribution in [1.82, 2.24) is 0 Å². The van der Waals surface area contributed by atoms with Crippen LogP contribution in [0.25, 0.3) is 0 Å². The minimum absolute atomic E-state index is 0.200. The van der Waals surface area contributed by atoms with E-state index in [0.717, 1.165) is 6.42 Å². The largest absolute Gasteiger partial charge is 0.489 e. The Morgan fingerprint density at radius 1 is 1.26 bits per heavy atom. The molecule has 2 heteroatoms. The van der Waals surface area contributed by atoms with E-state index in [4.69, 9.17) is 4.74 Å². The SMILES string of the molecule is CC1=C(COc2ccc(C)c(F)c2)C(C)(C)CCC1. The second-order valence-corrected chi connectivity index (χ2v) is 6.20. The maximum Gasteiger partial charge on any atom is 0.129 e.